The number of nitrogens with zero attached hydrogens (tertiary/aromatic N) is 3. The molecule has 1 amide bonds. The highest BCUT2D eigenvalue weighted by molar-refractivity contribution is 5.93. The van der Waals surface area contributed by atoms with Crippen molar-refractivity contribution in [1.82, 2.24) is 25.5 Å². The maximum Gasteiger partial charge on any atom is 0.268 e. The number of hydrogen-bond donors (Lipinski definition) is 4. The molecule has 8 nitrogen and oxygen atoms in total. The number of nitriles is 1. The predicted octanol–water partition coefficient (Wildman–Crippen LogP) is 0.0777. The van der Waals surface area contributed by atoms with Crippen molar-refractivity contribution in [3.8, 4) is 6.07 Å². The molecule has 0 aliphatic carbocycles. The second-order valence-corrected chi connectivity index (χ2v) is 3.69. The average molecular weight is 245 g/mol. The van der Waals surface area contributed by atoms with Crippen molar-refractivity contribution in [2.24, 2.45) is 0 Å². The number of hydrogen-bond acceptors (Lipinski definition) is 5. The minimum Gasteiger partial charge on any atom is -0.367 e. The molecular formula is C10H11N7O. The lowest BCUT2D eigenvalue weighted by atomic mass is 10.3. The highest BCUT2D eigenvalue weighted by atomic mass is 16.1. The molecule has 5 N–H and O–H groups in total. The molecule has 2 aromatic heterocycles. The molecule has 8 heteroatoms. The number of carbonyl (C=O) groups excluding carboxylic acids is 1. The lowest BCUT2D eigenvalue weighted by Gasteiger charge is -2.09. The molecule has 0 aliphatic rings. The Morgan fingerprint density at radius 3 is 3.00 bits per heavy atom. The number of aromatic nitrogens is 4. The van der Waals surface area contributed by atoms with Crippen LogP contribution >= 0.6 is 0 Å². The largest absolute Gasteiger partial charge is 0.367 e. The van der Waals surface area contributed by atoms with Crippen LogP contribution in [0.5, 0.6) is 0 Å². The van der Waals surface area contributed by atoms with Gasteiger partial charge in [-0.15, -0.1) is 5.10 Å². The minimum absolute atomic E-state index is 0.123. The molecular weight excluding hydrogens is 234 g/mol. The lowest BCUT2D eigenvalue weighted by Crippen LogP contribution is -2.27. The van der Waals surface area contributed by atoms with Crippen molar-refractivity contribution in [3.63, 3.8) is 0 Å². The van der Waals surface area contributed by atoms with Gasteiger partial charge in [-0.3, -0.25) is 9.89 Å². The predicted molar refractivity (Wildman–Crippen MR) is 62.2 cm³/mol. The minimum atomic E-state index is -0.365. The second kappa shape index (κ2) is 4.58. The number of nitrogens with two attached hydrogens (primary N) is 1. The van der Waals surface area contributed by atoms with Gasteiger partial charge >= 0.3 is 0 Å². The Hall–Kier alpha value is -2.82. The summed E-state index contributed by atoms with van der Waals surface area (Å²) < 4.78 is 0. The molecule has 0 spiro atoms. The standard InChI is InChI=1S/C10H11N7O/c1-5(8-15-10(12)17-16-8)14-9(18)7-2-6(3-11)4-13-7/h2,4-5,13H,1H3,(H,14,18)(H3,12,15,16,17)/t5-/m0/s1. The van der Waals surface area contributed by atoms with E-state index in [-0.39, 0.29) is 17.9 Å². The van der Waals surface area contributed by atoms with Crippen molar-refractivity contribution < 1.29 is 4.79 Å². The fourth-order valence-electron chi connectivity index (χ4n) is 1.41. The first-order valence-electron chi connectivity index (χ1n) is 5.17. The molecule has 92 valence electrons. The quantitative estimate of drug-likeness (QED) is 0.606. The van der Waals surface area contributed by atoms with E-state index in [2.05, 4.69) is 25.5 Å². The van der Waals surface area contributed by atoms with Gasteiger partial charge in [0.15, 0.2) is 0 Å². The van der Waals surface area contributed by atoms with Crippen LogP contribution in [0.2, 0.25) is 0 Å². The van der Waals surface area contributed by atoms with Crippen LogP contribution in [0.15, 0.2) is 12.3 Å². The molecule has 0 saturated carbocycles. The van der Waals surface area contributed by atoms with E-state index < -0.39 is 0 Å². The summed E-state index contributed by atoms with van der Waals surface area (Å²) in [6.07, 6.45) is 1.46. The number of anilines is 1. The van der Waals surface area contributed by atoms with Crippen LogP contribution in [0.4, 0.5) is 5.95 Å². The molecule has 2 heterocycles. The van der Waals surface area contributed by atoms with Crippen LogP contribution in [0.25, 0.3) is 0 Å². The lowest BCUT2D eigenvalue weighted by molar-refractivity contribution is 0.0934. The van der Waals surface area contributed by atoms with Gasteiger partial charge in [0.2, 0.25) is 5.95 Å². The first kappa shape index (κ1) is 11.7. The van der Waals surface area contributed by atoms with Gasteiger partial charge < -0.3 is 16.0 Å². The smallest absolute Gasteiger partial charge is 0.268 e. The van der Waals surface area contributed by atoms with E-state index in [1.54, 1.807) is 6.92 Å². The Labute approximate surface area is 102 Å². The average Bonchev–Trinajstić information content (AvgIpc) is 2.97. The molecule has 2 rings (SSSR count). The Balaban J connectivity index is 2.05. The summed E-state index contributed by atoms with van der Waals surface area (Å²) >= 11 is 0. The molecule has 0 radical (unpaired) electrons. The Bertz CT molecular complexity index is 606. The highest BCUT2D eigenvalue weighted by Gasteiger charge is 2.15. The third kappa shape index (κ3) is 2.30. The Morgan fingerprint density at radius 2 is 2.44 bits per heavy atom. The van der Waals surface area contributed by atoms with Crippen molar-refractivity contribution in [3.05, 3.63) is 29.3 Å². The third-order valence-corrected chi connectivity index (χ3v) is 2.33. The van der Waals surface area contributed by atoms with Crippen LogP contribution in [0, 0.1) is 11.3 Å². The van der Waals surface area contributed by atoms with Gasteiger partial charge in [0.25, 0.3) is 5.91 Å². The third-order valence-electron chi connectivity index (χ3n) is 2.33. The molecule has 2 aromatic rings. The zero-order chi connectivity index (χ0) is 13.1. The number of rotatable bonds is 3. The SMILES string of the molecule is C[C@H](NC(=O)c1cc(C#N)c[nH]1)c1nc(N)n[nH]1. The van der Waals surface area contributed by atoms with E-state index in [0.29, 0.717) is 17.1 Å². The first-order chi connectivity index (χ1) is 8.60. The van der Waals surface area contributed by atoms with Gasteiger partial charge in [-0.25, -0.2) is 0 Å². The topological polar surface area (TPSA) is 136 Å². The van der Waals surface area contributed by atoms with Crippen LogP contribution in [-0.4, -0.2) is 26.1 Å². The van der Waals surface area contributed by atoms with Crippen molar-refractivity contribution in [1.29, 1.82) is 5.26 Å². The zero-order valence-electron chi connectivity index (χ0n) is 9.56. The number of nitrogen functional groups attached to an aromatic ring is 1. The normalized spacial score (nSPS) is 11.8. The summed E-state index contributed by atoms with van der Waals surface area (Å²) in [6.45, 7) is 1.74. The first-order valence-corrected chi connectivity index (χ1v) is 5.17. The molecule has 0 fully saturated rings. The highest BCUT2D eigenvalue weighted by Crippen LogP contribution is 2.09. The van der Waals surface area contributed by atoms with Crippen LogP contribution in [-0.2, 0) is 0 Å². The summed E-state index contributed by atoms with van der Waals surface area (Å²) in [5.74, 6) is 0.254. The van der Waals surface area contributed by atoms with Crippen molar-refractivity contribution in [2.45, 2.75) is 13.0 Å². The van der Waals surface area contributed by atoms with Crippen LogP contribution in [0.1, 0.15) is 34.8 Å². The van der Waals surface area contributed by atoms with Gasteiger partial charge in [0, 0.05) is 6.20 Å². The molecule has 0 bridgehead atoms. The maximum atomic E-state index is 11.8. The number of aromatic amines is 2. The summed E-state index contributed by atoms with van der Waals surface area (Å²) in [5, 5.41) is 17.6. The van der Waals surface area contributed by atoms with E-state index in [1.807, 2.05) is 6.07 Å². The second-order valence-electron chi connectivity index (χ2n) is 3.69. The number of carbonyl (C=O) groups is 1. The van der Waals surface area contributed by atoms with E-state index in [0.717, 1.165) is 0 Å². The fraction of sp³-hybridized carbons (Fsp3) is 0.200. The number of amides is 1. The number of H-pyrrole nitrogens is 2. The summed E-state index contributed by atoms with van der Waals surface area (Å²) in [7, 11) is 0. The monoisotopic (exact) mass is 245 g/mol. The van der Waals surface area contributed by atoms with E-state index >= 15 is 0 Å². The van der Waals surface area contributed by atoms with Gasteiger partial charge in [-0.1, -0.05) is 0 Å². The molecule has 1 atom stereocenters. The van der Waals surface area contributed by atoms with Gasteiger partial charge in [0.1, 0.15) is 17.6 Å². The molecule has 0 aliphatic heterocycles. The van der Waals surface area contributed by atoms with E-state index in [1.165, 1.54) is 12.3 Å². The van der Waals surface area contributed by atoms with Gasteiger partial charge in [-0.05, 0) is 13.0 Å². The Morgan fingerprint density at radius 1 is 1.67 bits per heavy atom. The maximum absolute atomic E-state index is 11.8. The van der Waals surface area contributed by atoms with Crippen LogP contribution in [0.3, 0.4) is 0 Å². The van der Waals surface area contributed by atoms with Gasteiger partial charge in [0.05, 0.1) is 11.6 Å². The molecule has 0 saturated heterocycles. The van der Waals surface area contributed by atoms with Crippen molar-refractivity contribution in [2.75, 3.05) is 5.73 Å². The summed E-state index contributed by atoms with van der Waals surface area (Å²) in [5.41, 5.74) is 6.08. The number of nitrogens with one attached hydrogen (secondary N) is 3. The van der Waals surface area contributed by atoms with Crippen molar-refractivity contribution >= 4 is 11.9 Å². The van der Waals surface area contributed by atoms with Crippen LogP contribution < -0.4 is 11.1 Å². The molecule has 18 heavy (non-hydrogen) atoms. The molecule has 0 unspecified atom stereocenters. The van der Waals surface area contributed by atoms with Gasteiger partial charge in [-0.2, -0.15) is 10.2 Å². The fourth-order valence-corrected chi connectivity index (χ4v) is 1.41. The summed E-state index contributed by atoms with van der Waals surface area (Å²) in [6, 6.07) is 3.04. The molecule has 0 aromatic carbocycles. The summed E-state index contributed by atoms with van der Waals surface area (Å²) in [4.78, 5) is 18.4. The Kier molecular flexibility index (Phi) is 2.97. The van der Waals surface area contributed by atoms with E-state index in [9.17, 15) is 4.79 Å². The van der Waals surface area contributed by atoms with E-state index in [4.69, 9.17) is 11.0 Å². The zero-order valence-corrected chi connectivity index (χ0v) is 9.56.